The number of benzene rings is 1. The Morgan fingerprint density at radius 3 is 2.65 bits per heavy atom. The molecule has 34 heavy (non-hydrogen) atoms. The van der Waals surface area contributed by atoms with Gasteiger partial charge in [-0.05, 0) is 44.5 Å². The van der Waals surface area contributed by atoms with Crippen LogP contribution < -0.4 is 10.9 Å². The topological polar surface area (TPSA) is 102 Å². The minimum absolute atomic E-state index is 0.145. The van der Waals surface area contributed by atoms with Gasteiger partial charge in [0.1, 0.15) is 17.2 Å². The van der Waals surface area contributed by atoms with Crippen LogP contribution in [0.5, 0.6) is 0 Å². The summed E-state index contributed by atoms with van der Waals surface area (Å²) in [6.07, 6.45) is 1.77. The maximum absolute atomic E-state index is 12.8. The van der Waals surface area contributed by atoms with Crippen molar-refractivity contribution in [1.82, 2.24) is 19.4 Å². The van der Waals surface area contributed by atoms with Crippen molar-refractivity contribution in [3.8, 4) is 0 Å². The second-order valence-corrected chi connectivity index (χ2v) is 8.89. The SMILES string of the molecule is Cc1ccc2nc(CSc3nc(NC(=O)c4ccccc4)c4c(C)c(C)oc4n3)cc(=O)n2c1. The van der Waals surface area contributed by atoms with Gasteiger partial charge in [-0.2, -0.15) is 4.98 Å². The monoisotopic (exact) mass is 471 g/mol. The first-order chi connectivity index (χ1) is 16.4. The zero-order chi connectivity index (χ0) is 23.8. The fourth-order valence-electron chi connectivity index (χ4n) is 3.62. The molecule has 0 aliphatic heterocycles. The van der Waals surface area contributed by atoms with Gasteiger partial charge in [0, 0.05) is 29.1 Å². The van der Waals surface area contributed by atoms with Crippen molar-refractivity contribution in [3.63, 3.8) is 0 Å². The second kappa shape index (κ2) is 8.75. The highest BCUT2D eigenvalue weighted by Gasteiger charge is 2.19. The molecule has 0 unspecified atom stereocenters. The Hall–Kier alpha value is -3.98. The van der Waals surface area contributed by atoms with Crippen LogP contribution in [0.1, 0.15) is 32.9 Å². The molecule has 1 aromatic carbocycles. The van der Waals surface area contributed by atoms with E-state index in [0.29, 0.717) is 50.5 Å². The lowest BCUT2D eigenvalue weighted by Gasteiger charge is -2.08. The van der Waals surface area contributed by atoms with Crippen LogP contribution in [-0.2, 0) is 5.75 Å². The molecular formula is C25H21N5O3S. The van der Waals surface area contributed by atoms with Gasteiger partial charge in [0.2, 0.25) is 5.71 Å². The number of nitrogens with one attached hydrogen (secondary N) is 1. The van der Waals surface area contributed by atoms with E-state index in [1.54, 1.807) is 30.5 Å². The van der Waals surface area contributed by atoms with Crippen LogP contribution in [0, 0.1) is 20.8 Å². The molecule has 1 amide bonds. The fraction of sp³-hybridized carbons (Fsp3) is 0.160. The third kappa shape index (κ3) is 4.17. The van der Waals surface area contributed by atoms with E-state index in [4.69, 9.17) is 4.42 Å². The van der Waals surface area contributed by atoms with Crippen molar-refractivity contribution in [2.24, 2.45) is 0 Å². The molecule has 0 aliphatic carbocycles. The molecule has 0 aliphatic rings. The van der Waals surface area contributed by atoms with Gasteiger partial charge in [-0.1, -0.05) is 36.0 Å². The Bertz CT molecular complexity index is 1610. The Kier molecular flexibility index (Phi) is 5.62. The number of carbonyl (C=O) groups is 1. The molecular weight excluding hydrogens is 450 g/mol. The number of anilines is 1. The summed E-state index contributed by atoms with van der Waals surface area (Å²) < 4.78 is 7.35. The molecule has 4 aromatic heterocycles. The summed E-state index contributed by atoms with van der Waals surface area (Å²) in [6, 6.07) is 14.2. The molecule has 4 heterocycles. The summed E-state index contributed by atoms with van der Waals surface area (Å²) in [5.74, 6) is 1.21. The van der Waals surface area contributed by atoms with Crippen molar-refractivity contribution in [1.29, 1.82) is 0 Å². The number of furan rings is 1. The van der Waals surface area contributed by atoms with Crippen LogP contribution in [0.4, 0.5) is 5.82 Å². The van der Waals surface area contributed by atoms with E-state index in [-0.39, 0.29) is 11.5 Å². The van der Waals surface area contributed by atoms with E-state index >= 15 is 0 Å². The van der Waals surface area contributed by atoms with Gasteiger partial charge in [-0.3, -0.25) is 14.0 Å². The predicted octanol–water partition coefficient (Wildman–Crippen LogP) is 4.70. The van der Waals surface area contributed by atoms with Crippen molar-refractivity contribution in [2.45, 2.75) is 31.7 Å². The quantitative estimate of drug-likeness (QED) is 0.293. The average molecular weight is 472 g/mol. The predicted molar refractivity (Wildman–Crippen MR) is 131 cm³/mol. The van der Waals surface area contributed by atoms with Gasteiger partial charge in [-0.25, -0.2) is 9.97 Å². The second-order valence-electron chi connectivity index (χ2n) is 7.95. The van der Waals surface area contributed by atoms with Gasteiger partial charge >= 0.3 is 0 Å². The Labute approximate surface area is 199 Å². The zero-order valence-corrected chi connectivity index (χ0v) is 19.6. The first-order valence-electron chi connectivity index (χ1n) is 10.6. The Morgan fingerprint density at radius 1 is 1.06 bits per heavy atom. The summed E-state index contributed by atoms with van der Waals surface area (Å²) in [4.78, 5) is 39.0. The highest BCUT2D eigenvalue weighted by molar-refractivity contribution is 7.98. The largest absolute Gasteiger partial charge is 0.443 e. The fourth-order valence-corrected chi connectivity index (χ4v) is 4.35. The lowest BCUT2D eigenvalue weighted by atomic mass is 10.2. The van der Waals surface area contributed by atoms with E-state index in [9.17, 15) is 9.59 Å². The highest BCUT2D eigenvalue weighted by atomic mass is 32.2. The van der Waals surface area contributed by atoms with Crippen molar-refractivity contribution < 1.29 is 9.21 Å². The zero-order valence-electron chi connectivity index (χ0n) is 18.8. The summed E-state index contributed by atoms with van der Waals surface area (Å²) in [5, 5.41) is 3.98. The number of aromatic nitrogens is 4. The van der Waals surface area contributed by atoms with E-state index < -0.39 is 0 Å². The number of thioether (sulfide) groups is 1. The number of carbonyl (C=O) groups excluding carboxylic acids is 1. The molecule has 0 bridgehead atoms. The molecule has 0 saturated carbocycles. The van der Waals surface area contributed by atoms with Crippen LogP contribution in [0.15, 0.2) is 69.1 Å². The van der Waals surface area contributed by atoms with Gasteiger partial charge in [0.05, 0.1) is 11.1 Å². The third-order valence-corrected chi connectivity index (χ3v) is 6.37. The molecule has 0 saturated heterocycles. The first-order valence-corrected chi connectivity index (χ1v) is 11.6. The van der Waals surface area contributed by atoms with Gasteiger partial charge in [-0.15, -0.1) is 0 Å². The van der Waals surface area contributed by atoms with Crippen LogP contribution in [-0.4, -0.2) is 25.3 Å². The number of fused-ring (bicyclic) bond motifs is 2. The van der Waals surface area contributed by atoms with E-state index in [2.05, 4.69) is 20.3 Å². The molecule has 0 spiro atoms. The van der Waals surface area contributed by atoms with E-state index in [1.165, 1.54) is 22.2 Å². The van der Waals surface area contributed by atoms with Gasteiger partial charge < -0.3 is 9.73 Å². The molecule has 5 rings (SSSR count). The van der Waals surface area contributed by atoms with Crippen LogP contribution >= 0.6 is 11.8 Å². The van der Waals surface area contributed by atoms with Crippen LogP contribution in [0.25, 0.3) is 16.7 Å². The maximum Gasteiger partial charge on any atom is 0.258 e. The van der Waals surface area contributed by atoms with Gasteiger partial charge in [0.15, 0.2) is 5.16 Å². The lowest BCUT2D eigenvalue weighted by Crippen LogP contribution is -2.15. The normalized spacial score (nSPS) is 11.3. The van der Waals surface area contributed by atoms with Crippen LogP contribution in [0.3, 0.4) is 0 Å². The molecule has 170 valence electrons. The van der Waals surface area contributed by atoms with Crippen LogP contribution in [0.2, 0.25) is 0 Å². The summed E-state index contributed by atoms with van der Waals surface area (Å²) >= 11 is 1.32. The smallest absolute Gasteiger partial charge is 0.258 e. The molecule has 0 fully saturated rings. The molecule has 0 atom stereocenters. The number of rotatable bonds is 5. The molecule has 0 radical (unpaired) electrons. The third-order valence-electron chi connectivity index (χ3n) is 5.49. The van der Waals surface area contributed by atoms with E-state index in [1.807, 2.05) is 39.0 Å². The number of aryl methyl sites for hydroxylation is 3. The number of amides is 1. The molecule has 8 nitrogen and oxygen atoms in total. The summed E-state index contributed by atoms with van der Waals surface area (Å²) in [6.45, 7) is 5.68. The van der Waals surface area contributed by atoms with E-state index in [0.717, 1.165) is 11.1 Å². The van der Waals surface area contributed by atoms with Crippen molar-refractivity contribution >= 4 is 40.2 Å². The maximum atomic E-state index is 12.8. The summed E-state index contributed by atoms with van der Waals surface area (Å²) in [5.41, 5.74) is 3.83. The lowest BCUT2D eigenvalue weighted by molar-refractivity contribution is 0.102. The average Bonchev–Trinajstić information content (AvgIpc) is 3.12. The molecule has 9 heteroatoms. The van der Waals surface area contributed by atoms with Crippen molar-refractivity contribution in [3.05, 3.63) is 93.2 Å². The minimum atomic E-state index is -0.269. The van der Waals surface area contributed by atoms with Gasteiger partial charge in [0.25, 0.3) is 11.5 Å². The number of hydrogen-bond acceptors (Lipinski definition) is 7. The minimum Gasteiger partial charge on any atom is -0.443 e. The highest BCUT2D eigenvalue weighted by Crippen LogP contribution is 2.32. The standard InChI is InChI=1S/C25H21N5O3S/c1-14-9-10-19-26-18(11-20(31)30(19)12-14)13-34-25-28-22(21-15(2)16(3)33-24(21)29-25)27-23(32)17-7-5-4-6-8-17/h4-12H,13H2,1-3H3,(H,27,28,29,32). The van der Waals surface area contributed by atoms with Crippen molar-refractivity contribution in [2.75, 3.05) is 5.32 Å². The number of nitrogens with zero attached hydrogens (tertiary/aromatic N) is 4. The number of pyridine rings is 1. The first kappa shape index (κ1) is 21.8. The Morgan fingerprint density at radius 2 is 1.85 bits per heavy atom. The summed E-state index contributed by atoms with van der Waals surface area (Å²) in [7, 11) is 0. The molecule has 1 N–H and O–H groups in total. The Balaban J connectivity index is 1.47. The molecule has 5 aromatic rings. The number of hydrogen-bond donors (Lipinski definition) is 1.